The van der Waals surface area contributed by atoms with Gasteiger partial charge < -0.3 is 4.74 Å². The maximum absolute atomic E-state index is 11.4. The van der Waals surface area contributed by atoms with E-state index in [0.717, 1.165) is 6.42 Å². The fourth-order valence-corrected chi connectivity index (χ4v) is 2.56. The molecule has 0 saturated carbocycles. The molecule has 16 heavy (non-hydrogen) atoms. The minimum atomic E-state index is -0.244. The molecule has 1 aromatic carbocycles. The number of carbonyl (C=O) groups is 1. The van der Waals surface area contributed by atoms with Crippen LogP contribution in [0.1, 0.15) is 48.2 Å². The molecule has 0 unspecified atom stereocenters. The van der Waals surface area contributed by atoms with Crippen LogP contribution in [0.25, 0.3) is 0 Å². The van der Waals surface area contributed by atoms with Crippen LogP contribution >= 0.6 is 0 Å². The number of aryl methyl sites for hydroxylation is 1. The van der Waals surface area contributed by atoms with Crippen molar-refractivity contribution in [3.8, 4) is 0 Å². The summed E-state index contributed by atoms with van der Waals surface area (Å²) < 4.78 is 4.74. The molecule has 1 aromatic rings. The number of fused-ring (bicyclic) bond motifs is 1. The Balaban J connectivity index is 2.43. The molecule has 0 radical (unpaired) electrons. The van der Waals surface area contributed by atoms with Crippen LogP contribution in [0, 0.1) is 0 Å². The highest BCUT2D eigenvalue weighted by atomic mass is 16.5. The van der Waals surface area contributed by atoms with Crippen LogP contribution in [0.4, 0.5) is 0 Å². The Morgan fingerprint density at radius 2 is 2.12 bits per heavy atom. The van der Waals surface area contributed by atoms with Crippen LogP contribution < -0.4 is 0 Å². The lowest BCUT2D eigenvalue weighted by atomic mass is 9.72. The third-order valence-corrected chi connectivity index (χ3v) is 3.50. The van der Waals surface area contributed by atoms with Crippen LogP contribution in [-0.2, 0) is 16.6 Å². The van der Waals surface area contributed by atoms with Gasteiger partial charge in [-0.3, -0.25) is 0 Å². The summed E-state index contributed by atoms with van der Waals surface area (Å²) >= 11 is 0. The van der Waals surface area contributed by atoms with Crippen LogP contribution in [-0.4, -0.2) is 13.1 Å². The molecule has 0 amide bonds. The standard InChI is InChI=1S/C14H18O2/c1-14(2)8-4-5-10-9-11(13(15)16-3)6-7-12(10)14/h6-7,9H,4-5,8H2,1-3H3. The minimum absolute atomic E-state index is 0.238. The van der Waals surface area contributed by atoms with Gasteiger partial charge in [-0.1, -0.05) is 19.9 Å². The van der Waals surface area contributed by atoms with Crippen molar-refractivity contribution in [1.29, 1.82) is 0 Å². The molecule has 1 aliphatic rings. The van der Waals surface area contributed by atoms with E-state index in [1.54, 1.807) is 0 Å². The first-order valence-electron chi connectivity index (χ1n) is 5.76. The van der Waals surface area contributed by atoms with Crippen LogP contribution in [0.2, 0.25) is 0 Å². The summed E-state index contributed by atoms with van der Waals surface area (Å²) in [5.74, 6) is -0.244. The zero-order valence-electron chi connectivity index (χ0n) is 10.2. The van der Waals surface area contributed by atoms with E-state index in [1.165, 1.54) is 31.1 Å². The van der Waals surface area contributed by atoms with E-state index in [-0.39, 0.29) is 11.4 Å². The second-order valence-electron chi connectivity index (χ2n) is 5.10. The molecule has 0 fully saturated rings. The predicted molar refractivity (Wildman–Crippen MR) is 63.7 cm³/mol. The Morgan fingerprint density at radius 3 is 2.81 bits per heavy atom. The van der Waals surface area contributed by atoms with E-state index in [1.807, 2.05) is 12.1 Å². The SMILES string of the molecule is COC(=O)c1ccc2c(c1)CCCC2(C)C. The lowest BCUT2D eigenvalue weighted by molar-refractivity contribution is 0.0600. The highest BCUT2D eigenvalue weighted by Gasteiger charge is 2.27. The molecule has 0 bridgehead atoms. The van der Waals surface area contributed by atoms with Gasteiger partial charge in [0.05, 0.1) is 12.7 Å². The molecular formula is C14H18O2. The quantitative estimate of drug-likeness (QED) is 0.677. The molecule has 0 spiro atoms. The highest BCUT2D eigenvalue weighted by Crippen LogP contribution is 2.36. The van der Waals surface area contributed by atoms with Crippen molar-refractivity contribution in [2.75, 3.05) is 7.11 Å². The molecule has 2 heteroatoms. The second-order valence-corrected chi connectivity index (χ2v) is 5.10. The fourth-order valence-electron chi connectivity index (χ4n) is 2.56. The average Bonchev–Trinajstić information content (AvgIpc) is 2.27. The van der Waals surface area contributed by atoms with E-state index < -0.39 is 0 Å². The third-order valence-electron chi connectivity index (χ3n) is 3.50. The largest absolute Gasteiger partial charge is 0.465 e. The number of ether oxygens (including phenoxy) is 1. The number of hydrogen-bond acceptors (Lipinski definition) is 2. The molecule has 1 aliphatic carbocycles. The van der Waals surface area contributed by atoms with Crippen LogP contribution in [0.3, 0.4) is 0 Å². The average molecular weight is 218 g/mol. The van der Waals surface area contributed by atoms with Gasteiger partial charge in [0, 0.05) is 0 Å². The van der Waals surface area contributed by atoms with Gasteiger partial charge in [0.15, 0.2) is 0 Å². The zero-order valence-corrected chi connectivity index (χ0v) is 10.2. The van der Waals surface area contributed by atoms with E-state index in [2.05, 4.69) is 19.9 Å². The van der Waals surface area contributed by atoms with Crippen molar-refractivity contribution in [2.45, 2.75) is 38.5 Å². The van der Waals surface area contributed by atoms with Crippen molar-refractivity contribution in [3.63, 3.8) is 0 Å². The number of esters is 1. The summed E-state index contributed by atoms with van der Waals surface area (Å²) in [5.41, 5.74) is 3.59. The summed E-state index contributed by atoms with van der Waals surface area (Å²) in [7, 11) is 1.42. The zero-order chi connectivity index (χ0) is 11.8. The van der Waals surface area contributed by atoms with E-state index in [4.69, 9.17) is 4.74 Å². The molecular weight excluding hydrogens is 200 g/mol. The van der Waals surface area contributed by atoms with E-state index in [9.17, 15) is 4.79 Å². The van der Waals surface area contributed by atoms with Gasteiger partial charge in [-0.15, -0.1) is 0 Å². The molecule has 0 aliphatic heterocycles. The lowest BCUT2D eigenvalue weighted by Gasteiger charge is -2.32. The molecule has 0 N–H and O–H groups in total. The number of methoxy groups -OCH3 is 1. The van der Waals surface area contributed by atoms with Crippen molar-refractivity contribution in [3.05, 3.63) is 34.9 Å². The van der Waals surface area contributed by atoms with Gasteiger partial charge in [0.25, 0.3) is 0 Å². The monoisotopic (exact) mass is 218 g/mol. The Hall–Kier alpha value is -1.31. The topological polar surface area (TPSA) is 26.3 Å². The first kappa shape index (κ1) is 11.2. The smallest absolute Gasteiger partial charge is 0.337 e. The summed E-state index contributed by atoms with van der Waals surface area (Å²) in [5, 5.41) is 0. The van der Waals surface area contributed by atoms with Crippen molar-refractivity contribution in [1.82, 2.24) is 0 Å². The molecule has 0 saturated heterocycles. The summed E-state index contributed by atoms with van der Waals surface area (Å²) in [4.78, 5) is 11.4. The molecule has 0 heterocycles. The molecule has 2 rings (SSSR count). The van der Waals surface area contributed by atoms with Crippen LogP contribution in [0.15, 0.2) is 18.2 Å². The predicted octanol–water partition coefficient (Wildman–Crippen LogP) is 3.09. The normalized spacial score (nSPS) is 17.7. The summed E-state index contributed by atoms with van der Waals surface area (Å²) in [6, 6.07) is 5.94. The third kappa shape index (κ3) is 1.84. The van der Waals surface area contributed by atoms with Gasteiger partial charge in [-0.05, 0) is 47.9 Å². The van der Waals surface area contributed by atoms with E-state index in [0.29, 0.717) is 5.56 Å². The summed E-state index contributed by atoms with van der Waals surface area (Å²) in [6.07, 6.45) is 3.49. The van der Waals surface area contributed by atoms with Crippen molar-refractivity contribution in [2.24, 2.45) is 0 Å². The van der Waals surface area contributed by atoms with Gasteiger partial charge in [0.2, 0.25) is 0 Å². The first-order chi connectivity index (χ1) is 7.54. The number of benzene rings is 1. The van der Waals surface area contributed by atoms with Gasteiger partial charge in [-0.25, -0.2) is 4.79 Å². The molecule has 0 aromatic heterocycles. The minimum Gasteiger partial charge on any atom is -0.465 e. The Kier molecular flexibility index (Phi) is 2.75. The summed E-state index contributed by atoms with van der Waals surface area (Å²) in [6.45, 7) is 4.53. The molecule has 2 nitrogen and oxygen atoms in total. The van der Waals surface area contributed by atoms with Crippen LogP contribution in [0.5, 0.6) is 0 Å². The Labute approximate surface area is 96.6 Å². The highest BCUT2D eigenvalue weighted by molar-refractivity contribution is 5.89. The number of hydrogen-bond donors (Lipinski definition) is 0. The first-order valence-corrected chi connectivity index (χ1v) is 5.76. The second kappa shape index (κ2) is 3.93. The van der Waals surface area contributed by atoms with Gasteiger partial charge in [-0.2, -0.15) is 0 Å². The maximum Gasteiger partial charge on any atom is 0.337 e. The van der Waals surface area contributed by atoms with Gasteiger partial charge in [0.1, 0.15) is 0 Å². The Bertz CT molecular complexity index is 419. The molecule has 0 atom stereocenters. The molecule has 86 valence electrons. The van der Waals surface area contributed by atoms with Crippen molar-refractivity contribution < 1.29 is 9.53 Å². The lowest BCUT2D eigenvalue weighted by Crippen LogP contribution is -2.24. The van der Waals surface area contributed by atoms with Crippen molar-refractivity contribution >= 4 is 5.97 Å². The fraction of sp³-hybridized carbons (Fsp3) is 0.500. The maximum atomic E-state index is 11.4. The number of rotatable bonds is 1. The van der Waals surface area contributed by atoms with E-state index >= 15 is 0 Å². The van der Waals surface area contributed by atoms with Gasteiger partial charge >= 0.3 is 5.97 Å². The Morgan fingerprint density at radius 1 is 1.38 bits per heavy atom. The number of carbonyl (C=O) groups excluding carboxylic acids is 1.